The number of aliphatic hydroxyl groups is 1. The van der Waals surface area contributed by atoms with E-state index in [0.29, 0.717) is 46.3 Å². The monoisotopic (exact) mass is 565 g/mol. The van der Waals surface area contributed by atoms with Gasteiger partial charge < -0.3 is 29.5 Å². The zero-order valence-electron chi connectivity index (χ0n) is 22.1. The fraction of sp³-hybridized carbons (Fsp3) is 0.276. The smallest absolute Gasteiger partial charge is 0.271 e. The van der Waals surface area contributed by atoms with Gasteiger partial charge in [-0.1, -0.05) is 17.7 Å². The Labute approximate surface area is 236 Å². The van der Waals surface area contributed by atoms with Crippen molar-refractivity contribution in [3.63, 3.8) is 0 Å². The highest BCUT2D eigenvalue weighted by Crippen LogP contribution is 2.34. The molecule has 0 saturated carbocycles. The number of fused-ring (bicyclic) bond motifs is 1. The number of methoxy groups -OCH3 is 1. The Morgan fingerprint density at radius 1 is 1.27 bits per heavy atom. The number of hydrogen-bond acceptors (Lipinski definition) is 6. The van der Waals surface area contributed by atoms with Crippen molar-refractivity contribution in [3.8, 4) is 11.1 Å². The first-order valence-corrected chi connectivity index (χ1v) is 13.1. The van der Waals surface area contributed by atoms with Crippen LogP contribution in [0, 0.1) is 5.82 Å². The molecule has 5 rings (SSSR count). The molecule has 2 aliphatic rings. The number of anilines is 1. The number of benzene rings is 1. The molecule has 1 atom stereocenters. The van der Waals surface area contributed by atoms with Crippen molar-refractivity contribution < 1.29 is 23.8 Å². The van der Waals surface area contributed by atoms with Crippen molar-refractivity contribution in [2.24, 2.45) is 0 Å². The standard InChI is InChI=1S/C29H29ClFN5O4/c1-18(38)34-7-5-23(6-8-34)33-28-11-25(26(30)12-32-28)21-10-27-29(39)36(24(17-40-2)15-35(27)13-21)14-20-9-22(31)4-3-19(20)16-37/h3-7,9-13,24,37H,8,14-17H2,1-2H3,(H,32,33). The van der Waals surface area contributed by atoms with Crippen LogP contribution in [0.1, 0.15) is 28.5 Å². The summed E-state index contributed by atoms with van der Waals surface area (Å²) in [5.41, 5.74) is 3.81. The van der Waals surface area contributed by atoms with E-state index in [4.69, 9.17) is 16.3 Å². The molecule has 2 aliphatic heterocycles. The molecule has 208 valence electrons. The number of nitrogens with one attached hydrogen (secondary N) is 1. The SMILES string of the molecule is COCC1Cn2cc(-c3cc(NC4=CCN(C(C)=O)C=C4)ncc3Cl)cc2C(=O)N1Cc1cc(F)ccc1CO. The lowest BCUT2D eigenvalue weighted by atomic mass is 10.0. The Bertz CT molecular complexity index is 1520. The van der Waals surface area contributed by atoms with Crippen LogP contribution in [0.15, 0.2) is 66.8 Å². The second-order valence-electron chi connectivity index (χ2n) is 9.70. The van der Waals surface area contributed by atoms with E-state index in [1.165, 1.54) is 25.1 Å². The number of carbonyl (C=O) groups excluding carboxylic acids is 2. The molecule has 0 fully saturated rings. The van der Waals surface area contributed by atoms with Crippen LogP contribution in [0.5, 0.6) is 0 Å². The first-order valence-electron chi connectivity index (χ1n) is 12.7. The van der Waals surface area contributed by atoms with Gasteiger partial charge in [-0.25, -0.2) is 9.37 Å². The number of aliphatic hydroxyl groups excluding tert-OH is 1. The summed E-state index contributed by atoms with van der Waals surface area (Å²) in [6.45, 7) is 2.60. The number of rotatable bonds is 8. The number of aromatic nitrogens is 2. The molecule has 3 aromatic rings. The maximum atomic E-state index is 14.0. The predicted octanol–water partition coefficient (Wildman–Crippen LogP) is 4.18. The first kappa shape index (κ1) is 27.6. The molecule has 11 heteroatoms. The summed E-state index contributed by atoms with van der Waals surface area (Å²) in [7, 11) is 1.57. The summed E-state index contributed by atoms with van der Waals surface area (Å²) in [5, 5.41) is 13.4. The Hall–Kier alpha value is -3.99. The summed E-state index contributed by atoms with van der Waals surface area (Å²) in [5.74, 6) is -0.146. The van der Waals surface area contributed by atoms with E-state index in [0.717, 1.165) is 11.3 Å². The minimum absolute atomic E-state index is 0.0400. The molecular formula is C29H29ClFN5O4. The lowest BCUT2D eigenvalue weighted by Crippen LogP contribution is -2.49. The molecule has 0 spiro atoms. The van der Waals surface area contributed by atoms with Crippen molar-refractivity contribution in [1.29, 1.82) is 0 Å². The number of halogens is 2. The van der Waals surface area contributed by atoms with Gasteiger partial charge in [0.25, 0.3) is 5.91 Å². The van der Waals surface area contributed by atoms with E-state index in [1.807, 2.05) is 22.9 Å². The second kappa shape index (κ2) is 11.6. The average Bonchev–Trinajstić information content (AvgIpc) is 3.36. The first-order chi connectivity index (χ1) is 19.3. The van der Waals surface area contributed by atoms with Gasteiger partial charge in [0.2, 0.25) is 5.91 Å². The fourth-order valence-electron chi connectivity index (χ4n) is 4.94. The third kappa shape index (κ3) is 5.65. The van der Waals surface area contributed by atoms with Crippen molar-refractivity contribution in [3.05, 3.63) is 94.4 Å². The van der Waals surface area contributed by atoms with Crippen molar-refractivity contribution in [2.75, 3.05) is 25.6 Å². The van der Waals surface area contributed by atoms with E-state index in [1.54, 1.807) is 41.4 Å². The van der Waals surface area contributed by atoms with Crippen molar-refractivity contribution in [1.82, 2.24) is 19.4 Å². The summed E-state index contributed by atoms with van der Waals surface area (Å²) in [6.07, 6.45) is 8.82. The van der Waals surface area contributed by atoms with E-state index in [9.17, 15) is 19.1 Å². The van der Waals surface area contributed by atoms with Crippen LogP contribution in [-0.4, -0.2) is 62.6 Å². The highest BCUT2D eigenvalue weighted by Gasteiger charge is 2.34. The maximum absolute atomic E-state index is 14.0. The lowest BCUT2D eigenvalue weighted by Gasteiger charge is -2.36. The normalized spacial score (nSPS) is 16.7. The van der Waals surface area contributed by atoms with E-state index in [-0.39, 0.29) is 37.6 Å². The third-order valence-corrected chi connectivity index (χ3v) is 7.35. The van der Waals surface area contributed by atoms with Gasteiger partial charge in [0, 0.05) is 69.1 Å². The van der Waals surface area contributed by atoms with Gasteiger partial charge >= 0.3 is 0 Å². The van der Waals surface area contributed by atoms with Gasteiger partial charge in [-0.3, -0.25) is 9.59 Å². The van der Waals surface area contributed by atoms with Crippen LogP contribution < -0.4 is 5.32 Å². The Kier molecular flexibility index (Phi) is 8.02. The molecule has 9 nitrogen and oxygen atoms in total. The summed E-state index contributed by atoms with van der Waals surface area (Å²) in [6, 6.07) is 7.46. The number of ether oxygens (including phenoxy) is 1. The molecule has 2 N–H and O–H groups in total. The zero-order chi connectivity index (χ0) is 28.4. The topological polar surface area (TPSA) is 99.9 Å². The minimum Gasteiger partial charge on any atom is -0.392 e. The van der Waals surface area contributed by atoms with Gasteiger partial charge in [0.1, 0.15) is 17.3 Å². The van der Waals surface area contributed by atoms with Crippen LogP contribution >= 0.6 is 11.6 Å². The van der Waals surface area contributed by atoms with Crippen LogP contribution in [0.2, 0.25) is 5.02 Å². The molecule has 1 aromatic carbocycles. The molecule has 0 radical (unpaired) electrons. The summed E-state index contributed by atoms with van der Waals surface area (Å²) in [4.78, 5) is 32.9. The van der Waals surface area contributed by atoms with Gasteiger partial charge in [0.15, 0.2) is 0 Å². The minimum atomic E-state index is -0.432. The Morgan fingerprint density at radius 2 is 2.10 bits per heavy atom. The van der Waals surface area contributed by atoms with Crippen molar-refractivity contribution >= 4 is 29.2 Å². The summed E-state index contributed by atoms with van der Waals surface area (Å²) < 4.78 is 21.3. The lowest BCUT2D eigenvalue weighted by molar-refractivity contribution is -0.125. The fourth-order valence-corrected chi connectivity index (χ4v) is 5.15. The van der Waals surface area contributed by atoms with E-state index >= 15 is 0 Å². The largest absolute Gasteiger partial charge is 0.392 e. The van der Waals surface area contributed by atoms with Gasteiger partial charge in [0.05, 0.1) is 24.3 Å². The molecule has 4 heterocycles. The highest BCUT2D eigenvalue weighted by molar-refractivity contribution is 6.33. The number of carbonyl (C=O) groups is 2. The average molecular weight is 566 g/mol. The van der Waals surface area contributed by atoms with Crippen LogP contribution in [0.4, 0.5) is 10.2 Å². The highest BCUT2D eigenvalue weighted by atomic mass is 35.5. The predicted molar refractivity (Wildman–Crippen MR) is 149 cm³/mol. The number of allylic oxidation sites excluding steroid dienone is 1. The molecule has 0 bridgehead atoms. The quantitative estimate of drug-likeness (QED) is 0.425. The van der Waals surface area contributed by atoms with Crippen LogP contribution in [-0.2, 0) is 29.2 Å². The Balaban J connectivity index is 1.42. The number of amides is 2. The van der Waals surface area contributed by atoms with Crippen molar-refractivity contribution in [2.45, 2.75) is 32.7 Å². The summed E-state index contributed by atoms with van der Waals surface area (Å²) >= 11 is 6.54. The molecular weight excluding hydrogens is 537 g/mol. The molecule has 2 amide bonds. The maximum Gasteiger partial charge on any atom is 0.271 e. The van der Waals surface area contributed by atoms with Gasteiger partial charge in [-0.05, 0) is 47.5 Å². The Morgan fingerprint density at radius 3 is 2.80 bits per heavy atom. The van der Waals surface area contributed by atoms with Gasteiger partial charge in [-0.2, -0.15) is 0 Å². The zero-order valence-corrected chi connectivity index (χ0v) is 22.9. The molecule has 0 saturated heterocycles. The number of pyridine rings is 1. The number of nitrogens with zero attached hydrogens (tertiary/aromatic N) is 4. The number of hydrogen-bond donors (Lipinski definition) is 2. The molecule has 1 unspecified atom stereocenters. The molecule has 40 heavy (non-hydrogen) atoms. The van der Waals surface area contributed by atoms with Gasteiger partial charge in [-0.15, -0.1) is 0 Å². The van der Waals surface area contributed by atoms with E-state index < -0.39 is 5.82 Å². The second-order valence-corrected chi connectivity index (χ2v) is 10.1. The third-order valence-electron chi connectivity index (χ3n) is 7.05. The molecule has 0 aliphatic carbocycles. The van der Waals surface area contributed by atoms with E-state index in [2.05, 4.69) is 10.3 Å². The molecule has 2 aromatic heterocycles. The van der Waals surface area contributed by atoms with Crippen LogP contribution in [0.3, 0.4) is 0 Å². The van der Waals surface area contributed by atoms with Crippen LogP contribution in [0.25, 0.3) is 11.1 Å².